The Morgan fingerprint density at radius 3 is 2.21 bits per heavy atom. The van der Waals surface area contributed by atoms with Crippen LogP contribution in [0.15, 0.2) is 23.1 Å². The lowest BCUT2D eigenvalue weighted by Crippen LogP contribution is -2.24. The molecule has 0 aliphatic carbocycles. The Hall–Kier alpha value is -0.790. The minimum Gasteiger partial charge on any atom is -0.398 e. The van der Waals surface area contributed by atoms with Crippen LogP contribution in [-0.4, -0.2) is 33.6 Å². The summed E-state index contributed by atoms with van der Waals surface area (Å²) in [5.41, 5.74) is 5.62. The van der Waals surface area contributed by atoms with Crippen LogP contribution in [0.4, 0.5) is 5.69 Å². The van der Waals surface area contributed by atoms with Gasteiger partial charge in [-0.1, -0.05) is 11.6 Å². The Kier molecular flexibility index (Phi) is 4.86. The molecular formula is C11H16ClNO4S2. The Balaban J connectivity index is 3.00. The summed E-state index contributed by atoms with van der Waals surface area (Å²) in [5.74, 6) is -0.908. The van der Waals surface area contributed by atoms with Crippen LogP contribution in [0, 0.1) is 0 Å². The number of hydrogen-bond donors (Lipinski definition) is 1. The monoisotopic (exact) mass is 325 g/mol. The fourth-order valence-electron chi connectivity index (χ4n) is 1.37. The molecule has 0 saturated heterocycles. The summed E-state index contributed by atoms with van der Waals surface area (Å²) in [6, 6.07) is 4.02. The molecule has 1 aromatic rings. The molecule has 0 bridgehead atoms. The van der Waals surface area contributed by atoms with Gasteiger partial charge in [-0.15, -0.1) is 0 Å². The molecule has 0 atom stereocenters. The third-order valence-electron chi connectivity index (χ3n) is 2.66. The molecule has 0 heterocycles. The van der Waals surface area contributed by atoms with Crippen LogP contribution in [0.5, 0.6) is 0 Å². The molecule has 19 heavy (non-hydrogen) atoms. The fourth-order valence-corrected chi connectivity index (χ4v) is 4.75. The van der Waals surface area contributed by atoms with Gasteiger partial charge in [-0.3, -0.25) is 0 Å². The molecular weight excluding hydrogens is 310 g/mol. The third kappa shape index (κ3) is 4.09. The smallest absolute Gasteiger partial charge is 0.181 e. The highest BCUT2D eigenvalue weighted by atomic mass is 35.5. The number of hydrogen-bond acceptors (Lipinski definition) is 5. The van der Waals surface area contributed by atoms with E-state index in [0.717, 1.165) is 0 Å². The number of sulfone groups is 2. The molecule has 0 amide bonds. The topological polar surface area (TPSA) is 94.3 Å². The van der Waals surface area contributed by atoms with E-state index in [4.69, 9.17) is 17.3 Å². The lowest BCUT2D eigenvalue weighted by atomic mass is 10.3. The molecule has 2 N–H and O–H groups in total. The van der Waals surface area contributed by atoms with Crippen molar-refractivity contribution in [2.45, 2.75) is 24.0 Å². The molecule has 1 rings (SSSR count). The van der Waals surface area contributed by atoms with Crippen LogP contribution >= 0.6 is 11.6 Å². The normalized spacial score (nSPS) is 12.8. The first-order chi connectivity index (χ1) is 8.56. The number of benzene rings is 1. The van der Waals surface area contributed by atoms with Gasteiger partial charge >= 0.3 is 0 Å². The van der Waals surface area contributed by atoms with Crippen LogP contribution in [0.1, 0.15) is 13.8 Å². The minimum atomic E-state index is -3.74. The number of anilines is 1. The maximum atomic E-state index is 12.0. The molecule has 8 heteroatoms. The van der Waals surface area contributed by atoms with Crippen molar-refractivity contribution in [1.29, 1.82) is 0 Å². The number of nitrogens with two attached hydrogens (primary N) is 1. The second-order valence-corrected chi connectivity index (χ2v) is 9.61. The predicted octanol–water partition coefficient (Wildman–Crippen LogP) is 1.52. The van der Waals surface area contributed by atoms with Gasteiger partial charge in [0.25, 0.3) is 0 Å². The Morgan fingerprint density at radius 1 is 1.16 bits per heavy atom. The van der Waals surface area contributed by atoms with Gasteiger partial charge in [-0.2, -0.15) is 0 Å². The van der Waals surface area contributed by atoms with Gasteiger partial charge < -0.3 is 5.73 Å². The average molecular weight is 326 g/mol. The summed E-state index contributed by atoms with van der Waals surface area (Å²) in [4.78, 5) is -0.0872. The Bertz CT molecular complexity index is 666. The molecule has 0 aliphatic rings. The van der Waals surface area contributed by atoms with Crippen molar-refractivity contribution in [3.8, 4) is 0 Å². The standard InChI is InChI=1S/C11H16ClNO4S2/c1-8(2)18(14,15)5-6-19(16,17)11-4-3-9(12)7-10(11)13/h3-4,7-8H,5-6,13H2,1-2H3. The molecule has 0 saturated carbocycles. The maximum Gasteiger partial charge on any atom is 0.181 e. The quantitative estimate of drug-likeness (QED) is 0.828. The van der Waals surface area contributed by atoms with Crippen molar-refractivity contribution in [2.24, 2.45) is 0 Å². The summed E-state index contributed by atoms with van der Waals surface area (Å²) in [5, 5.41) is -0.281. The molecule has 0 spiro atoms. The van der Waals surface area contributed by atoms with Crippen LogP contribution in [-0.2, 0) is 19.7 Å². The first-order valence-corrected chi connectivity index (χ1v) is 9.30. The van der Waals surface area contributed by atoms with E-state index in [1.54, 1.807) is 0 Å². The van der Waals surface area contributed by atoms with E-state index in [9.17, 15) is 16.8 Å². The van der Waals surface area contributed by atoms with Crippen LogP contribution < -0.4 is 5.73 Å². The fraction of sp³-hybridized carbons (Fsp3) is 0.455. The molecule has 108 valence electrons. The summed E-state index contributed by atoms with van der Waals surface area (Å²) in [6.07, 6.45) is 0. The van der Waals surface area contributed by atoms with E-state index >= 15 is 0 Å². The lowest BCUT2D eigenvalue weighted by Gasteiger charge is -2.10. The van der Waals surface area contributed by atoms with E-state index < -0.39 is 36.4 Å². The van der Waals surface area contributed by atoms with E-state index in [1.165, 1.54) is 32.0 Å². The first-order valence-electron chi connectivity index (χ1n) is 5.55. The van der Waals surface area contributed by atoms with E-state index in [0.29, 0.717) is 5.02 Å². The molecule has 0 fully saturated rings. The molecule has 0 aromatic heterocycles. The van der Waals surface area contributed by atoms with Crippen molar-refractivity contribution in [3.05, 3.63) is 23.2 Å². The highest BCUT2D eigenvalue weighted by Crippen LogP contribution is 2.23. The van der Waals surface area contributed by atoms with Crippen molar-refractivity contribution in [3.63, 3.8) is 0 Å². The van der Waals surface area contributed by atoms with Crippen LogP contribution in [0.2, 0.25) is 5.02 Å². The van der Waals surface area contributed by atoms with Gasteiger partial charge in [0, 0.05) is 5.02 Å². The lowest BCUT2D eigenvalue weighted by molar-refractivity contribution is 0.582. The zero-order valence-corrected chi connectivity index (χ0v) is 13.0. The summed E-state index contributed by atoms with van der Waals surface area (Å²) in [6.45, 7) is 3.03. The van der Waals surface area contributed by atoms with Crippen molar-refractivity contribution in [1.82, 2.24) is 0 Å². The predicted molar refractivity (Wildman–Crippen MR) is 76.8 cm³/mol. The second-order valence-electron chi connectivity index (χ2n) is 4.42. The largest absolute Gasteiger partial charge is 0.398 e. The van der Waals surface area contributed by atoms with Gasteiger partial charge in [-0.25, -0.2) is 16.8 Å². The number of halogens is 1. The van der Waals surface area contributed by atoms with E-state index in [-0.39, 0.29) is 10.6 Å². The van der Waals surface area contributed by atoms with E-state index in [2.05, 4.69) is 0 Å². The van der Waals surface area contributed by atoms with Crippen molar-refractivity contribution < 1.29 is 16.8 Å². The first kappa shape index (κ1) is 16.3. The second kappa shape index (κ2) is 5.68. The van der Waals surface area contributed by atoms with Crippen molar-refractivity contribution in [2.75, 3.05) is 17.2 Å². The zero-order chi connectivity index (χ0) is 14.8. The Morgan fingerprint density at radius 2 is 1.74 bits per heavy atom. The zero-order valence-electron chi connectivity index (χ0n) is 10.6. The molecule has 0 aliphatic heterocycles. The highest BCUT2D eigenvalue weighted by Gasteiger charge is 2.23. The van der Waals surface area contributed by atoms with E-state index in [1.807, 2.05) is 0 Å². The van der Waals surface area contributed by atoms with Crippen LogP contribution in [0.3, 0.4) is 0 Å². The van der Waals surface area contributed by atoms with Gasteiger partial charge in [-0.05, 0) is 32.0 Å². The SMILES string of the molecule is CC(C)S(=O)(=O)CCS(=O)(=O)c1ccc(Cl)cc1N. The molecule has 0 radical (unpaired) electrons. The maximum absolute atomic E-state index is 12.0. The van der Waals surface area contributed by atoms with Crippen molar-refractivity contribution >= 4 is 37.0 Å². The number of rotatable bonds is 5. The minimum absolute atomic E-state index is 0.0226. The summed E-state index contributed by atoms with van der Waals surface area (Å²) >= 11 is 5.69. The van der Waals surface area contributed by atoms with Gasteiger partial charge in [0.15, 0.2) is 19.7 Å². The summed E-state index contributed by atoms with van der Waals surface area (Å²) < 4.78 is 47.4. The Labute approximate surface area is 118 Å². The van der Waals surface area contributed by atoms with Gasteiger partial charge in [0.1, 0.15) is 0 Å². The summed E-state index contributed by atoms with van der Waals surface area (Å²) in [7, 11) is -7.14. The average Bonchev–Trinajstić information content (AvgIpc) is 2.26. The molecule has 1 aromatic carbocycles. The van der Waals surface area contributed by atoms with Gasteiger partial charge in [0.2, 0.25) is 0 Å². The van der Waals surface area contributed by atoms with Crippen LogP contribution in [0.25, 0.3) is 0 Å². The van der Waals surface area contributed by atoms with Gasteiger partial charge in [0.05, 0.1) is 27.3 Å². The molecule has 5 nitrogen and oxygen atoms in total. The number of nitrogen functional groups attached to an aromatic ring is 1. The third-order valence-corrected chi connectivity index (χ3v) is 7.15. The highest BCUT2D eigenvalue weighted by molar-refractivity contribution is 7.95. The molecule has 0 unspecified atom stereocenters.